The molecule has 0 saturated carbocycles. The number of hydrogen-bond acceptors (Lipinski definition) is 4. The monoisotopic (exact) mass is 276 g/mol. The third-order valence-electron chi connectivity index (χ3n) is 3.37. The van der Waals surface area contributed by atoms with Gasteiger partial charge in [0, 0.05) is 29.0 Å². The number of nitrogens with zero attached hydrogens (tertiary/aromatic N) is 1. The highest BCUT2D eigenvalue weighted by Gasteiger charge is 2.26. The van der Waals surface area contributed by atoms with Crippen LogP contribution < -0.4 is 5.73 Å². The van der Waals surface area contributed by atoms with Gasteiger partial charge in [-0.25, -0.2) is 0 Å². The molecule has 0 bridgehead atoms. The van der Waals surface area contributed by atoms with E-state index < -0.39 is 0 Å². The van der Waals surface area contributed by atoms with Gasteiger partial charge >= 0.3 is 0 Å². The van der Waals surface area contributed by atoms with Crippen LogP contribution in [-0.4, -0.2) is 11.5 Å². The molecule has 0 saturated heterocycles. The lowest BCUT2D eigenvalue weighted by Gasteiger charge is -2.28. The molecule has 0 amide bonds. The van der Waals surface area contributed by atoms with Gasteiger partial charge in [0.15, 0.2) is 0 Å². The van der Waals surface area contributed by atoms with Crippen molar-refractivity contribution in [3.63, 3.8) is 0 Å². The van der Waals surface area contributed by atoms with Crippen molar-refractivity contribution in [3.8, 4) is 0 Å². The molecule has 1 aromatic heterocycles. The summed E-state index contributed by atoms with van der Waals surface area (Å²) in [5.74, 6) is 0. The number of nitrogens with two attached hydrogens (primary N) is 1. The lowest BCUT2D eigenvalue weighted by Crippen LogP contribution is -2.33. The number of hydrogen-bond donors (Lipinski definition) is 1. The standard InChI is InChI=1S/C14H16N2O2S/c1-14(10-15,9-13-3-2-8-19-13)11-4-6-12(7-5-11)16(17)18/h2-8H,9-10,15H2,1H3. The van der Waals surface area contributed by atoms with E-state index in [0.717, 1.165) is 12.0 Å². The summed E-state index contributed by atoms with van der Waals surface area (Å²) >= 11 is 1.70. The lowest BCUT2D eigenvalue weighted by molar-refractivity contribution is -0.384. The van der Waals surface area contributed by atoms with E-state index in [1.807, 2.05) is 11.4 Å². The summed E-state index contributed by atoms with van der Waals surface area (Å²) in [7, 11) is 0. The molecule has 0 fully saturated rings. The molecule has 19 heavy (non-hydrogen) atoms. The molecular formula is C14H16N2O2S. The zero-order chi connectivity index (χ0) is 13.9. The van der Waals surface area contributed by atoms with Crippen LogP contribution >= 0.6 is 11.3 Å². The van der Waals surface area contributed by atoms with Gasteiger partial charge in [0.1, 0.15) is 0 Å². The summed E-state index contributed by atoms with van der Waals surface area (Å²) in [4.78, 5) is 11.6. The average Bonchev–Trinajstić information content (AvgIpc) is 2.91. The number of benzene rings is 1. The van der Waals surface area contributed by atoms with Gasteiger partial charge in [-0.05, 0) is 23.4 Å². The van der Waals surface area contributed by atoms with Gasteiger partial charge in [0.05, 0.1) is 4.92 Å². The minimum absolute atomic E-state index is 0.110. The maximum absolute atomic E-state index is 10.7. The minimum Gasteiger partial charge on any atom is -0.330 e. The van der Waals surface area contributed by atoms with Crippen LogP contribution in [0.5, 0.6) is 0 Å². The Hall–Kier alpha value is -1.72. The molecule has 1 atom stereocenters. The van der Waals surface area contributed by atoms with E-state index in [0.29, 0.717) is 6.54 Å². The van der Waals surface area contributed by atoms with Gasteiger partial charge in [-0.15, -0.1) is 11.3 Å². The molecule has 1 aromatic carbocycles. The van der Waals surface area contributed by atoms with E-state index in [4.69, 9.17) is 5.73 Å². The van der Waals surface area contributed by atoms with Crippen molar-refractivity contribution in [1.82, 2.24) is 0 Å². The summed E-state index contributed by atoms with van der Waals surface area (Å²) in [6, 6.07) is 10.8. The molecule has 100 valence electrons. The van der Waals surface area contributed by atoms with Crippen molar-refractivity contribution in [2.75, 3.05) is 6.54 Å². The van der Waals surface area contributed by atoms with Gasteiger partial charge < -0.3 is 5.73 Å². The van der Waals surface area contributed by atoms with E-state index in [2.05, 4.69) is 13.0 Å². The van der Waals surface area contributed by atoms with Crippen molar-refractivity contribution < 1.29 is 4.92 Å². The predicted octanol–water partition coefficient (Wildman–Crippen LogP) is 3.12. The zero-order valence-electron chi connectivity index (χ0n) is 10.7. The molecule has 0 spiro atoms. The average molecular weight is 276 g/mol. The van der Waals surface area contributed by atoms with Gasteiger partial charge in [0.2, 0.25) is 0 Å². The van der Waals surface area contributed by atoms with E-state index in [1.165, 1.54) is 17.0 Å². The van der Waals surface area contributed by atoms with Crippen LogP contribution in [0.2, 0.25) is 0 Å². The quantitative estimate of drug-likeness (QED) is 0.674. The van der Waals surface area contributed by atoms with E-state index >= 15 is 0 Å². The Balaban J connectivity index is 2.27. The van der Waals surface area contributed by atoms with Crippen LogP contribution in [-0.2, 0) is 11.8 Å². The SMILES string of the molecule is CC(CN)(Cc1cccs1)c1ccc([N+](=O)[O-])cc1. The number of thiophene rings is 1. The Bertz CT molecular complexity index is 551. The Morgan fingerprint density at radius 1 is 1.32 bits per heavy atom. The smallest absolute Gasteiger partial charge is 0.269 e. The lowest BCUT2D eigenvalue weighted by atomic mass is 9.79. The highest BCUT2D eigenvalue weighted by atomic mass is 32.1. The minimum atomic E-state index is -0.386. The summed E-state index contributed by atoms with van der Waals surface area (Å²) in [6.07, 6.45) is 0.846. The van der Waals surface area contributed by atoms with Gasteiger partial charge in [0.25, 0.3) is 5.69 Å². The van der Waals surface area contributed by atoms with Crippen LogP contribution in [0.15, 0.2) is 41.8 Å². The number of nitro benzene ring substituents is 1. The summed E-state index contributed by atoms with van der Waals surface area (Å²) in [5, 5.41) is 12.7. The molecule has 1 unspecified atom stereocenters. The van der Waals surface area contributed by atoms with Gasteiger partial charge in [-0.3, -0.25) is 10.1 Å². The Morgan fingerprint density at radius 2 is 2.00 bits per heavy atom. The molecule has 0 aliphatic heterocycles. The number of nitro groups is 1. The summed E-state index contributed by atoms with van der Waals surface area (Å²) < 4.78 is 0. The second-order valence-corrected chi connectivity index (χ2v) is 5.86. The fraction of sp³-hybridized carbons (Fsp3) is 0.286. The molecule has 0 aliphatic carbocycles. The maximum atomic E-state index is 10.7. The van der Waals surface area contributed by atoms with Gasteiger partial charge in [-0.1, -0.05) is 25.1 Å². The Morgan fingerprint density at radius 3 is 2.47 bits per heavy atom. The largest absolute Gasteiger partial charge is 0.330 e. The fourth-order valence-corrected chi connectivity index (χ4v) is 2.97. The Labute approximate surface area is 116 Å². The third-order valence-corrected chi connectivity index (χ3v) is 4.25. The Kier molecular flexibility index (Phi) is 3.97. The molecule has 4 nitrogen and oxygen atoms in total. The second kappa shape index (κ2) is 5.50. The molecule has 1 heterocycles. The molecule has 0 aliphatic rings. The van der Waals surface area contributed by atoms with E-state index in [9.17, 15) is 10.1 Å². The highest BCUT2D eigenvalue weighted by Crippen LogP contribution is 2.30. The first-order chi connectivity index (χ1) is 9.05. The summed E-state index contributed by atoms with van der Waals surface area (Å²) in [6.45, 7) is 2.59. The first kappa shape index (κ1) is 13.7. The fourth-order valence-electron chi connectivity index (χ4n) is 2.08. The van der Waals surface area contributed by atoms with Crippen LogP contribution in [0.3, 0.4) is 0 Å². The number of rotatable bonds is 5. The molecule has 2 N–H and O–H groups in total. The predicted molar refractivity (Wildman–Crippen MR) is 77.5 cm³/mol. The van der Waals surface area contributed by atoms with Crippen LogP contribution in [0.4, 0.5) is 5.69 Å². The highest BCUT2D eigenvalue weighted by molar-refractivity contribution is 7.09. The molecule has 5 heteroatoms. The zero-order valence-corrected chi connectivity index (χ0v) is 11.5. The van der Waals surface area contributed by atoms with Crippen molar-refractivity contribution in [3.05, 3.63) is 62.3 Å². The van der Waals surface area contributed by atoms with Gasteiger partial charge in [-0.2, -0.15) is 0 Å². The molecule has 2 aromatic rings. The summed E-state index contributed by atoms with van der Waals surface area (Å²) in [5.41, 5.74) is 6.88. The van der Waals surface area contributed by atoms with Crippen LogP contribution in [0.25, 0.3) is 0 Å². The first-order valence-corrected chi connectivity index (χ1v) is 6.90. The van der Waals surface area contributed by atoms with Crippen LogP contribution in [0.1, 0.15) is 17.4 Å². The van der Waals surface area contributed by atoms with Crippen LogP contribution in [0, 0.1) is 10.1 Å². The third kappa shape index (κ3) is 3.00. The van der Waals surface area contributed by atoms with E-state index in [1.54, 1.807) is 23.5 Å². The van der Waals surface area contributed by atoms with E-state index in [-0.39, 0.29) is 16.0 Å². The van der Waals surface area contributed by atoms with Crippen molar-refractivity contribution in [1.29, 1.82) is 0 Å². The van der Waals surface area contributed by atoms with Crippen molar-refractivity contribution in [2.24, 2.45) is 5.73 Å². The molecule has 2 rings (SSSR count). The van der Waals surface area contributed by atoms with Crippen molar-refractivity contribution in [2.45, 2.75) is 18.8 Å². The second-order valence-electron chi connectivity index (χ2n) is 4.82. The number of non-ortho nitro benzene ring substituents is 1. The molecular weight excluding hydrogens is 260 g/mol. The first-order valence-electron chi connectivity index (χ1n) is 6.02. The topological polar surface area (TPSA) is 69.2 Å². The maximum Gasteiger partial charge on any atom is 0.269 e. The normalized spacial score (nSPS) is 14.0. The molecule has 0 radical (unpaired) electrons. The van der Waals surface area contributed by atoms with Crippen molar-refractivity contribution >= 4 is 17.0 Å².